The van der Waals surface area contributed by atoms with Crippen molar-refractivity contribution in [3.63, 3.8) is 0 Å². The summed E-state index contributed by atoms with van der Waals surface area (Å²) in [6.45, 7) is 3.64. The second-order valence-electron chi connectivity index (χ2n) is 7.11. The van der Waals surface area contributed by atoms with Gasteiger partial charge in [-0.3, -0.25) is 9.55 Å². The minimum Gasteiger partial charge on any atom is -0.368 e. The van der Waals surface area contributed by atoms with Gasteiger partial charge < -0.3 is 9.72 Å². The average Bonchev–Trinajstić information content (AvgIpc) is 3.44. The van der Waals surface area contributed by atoms with E-state index in [-0.39, 0.29) is 4.90 Å². The number of aliphatic imine (C=N–C) groups is 1. The van der Waals surface area contributed by atoms with Crippen LogP contribution in [0.1, 0.15) is 11.1 Å². The fourth-order valence-electron chi connectivity index (χ4n) is 3.17. The Morgan fingerprint density at radius 1 is 0.968 bits per heavy atom. The standard InChI is InChI=1S/C16H14N4.C7H8O3S/c1-2-10-20-11-14(19-15(20)3-1)12-4-6-13(7-5-12)16-17-8-9-18-16;1-6-2-4-7(5-3-6)11(8,9)10/h1-7,10-11H,8-9H2,(H,17,18);2-5H,1H3,(H,8,9,10). The summed E-state index contributed by atoms with van der Waals surface area (Å²) in [6.07, 6.45) is 4.06. The summed E-state index contributed by atoms with van der Waals surface area (Å²) in [6, 6.07) is 20.4. The molecule has 5 rings (SSSR count). The Bertz CT molecular complexity index is 1290. The lowest BCUT2D eigenvalue weighted by Crippen LogP contribution is -2.19. The van der Waals surface area contributed by atoms with Crippen molar-refractivity contribution >= 4 is 21.6 Å². The number of nitrogens with zero attached hydrogens (tertiary/aromatic N) is 3. The van der Waals surface area contributed by atoms with Gasteiger partial charge in [-0.05, 0) is 31.2 Å². The highest BCUT2D eigenvalue weighted by Gasteiger charge is 2.09. The van der Waals surface area contributed by atoms with Gasteiger partial charge in [-0.2, -0.15) is 8.42 Å². The number of pyridine rings is 1. The van der Waals surface area contributed by atoms with E-state index in [1.54, 1.807) is 12.1 Å². The van der Waals surface area contributed by atoms with Crippen LogP contribution in [0.4, 0.5) is 0 Å². The molecule has 0 atom stereocenters. The molecule has 0 saturated carbocycles. The summed E-state index contributed by atoms with van der Waals surface area (Å²) in [5, 5.41) is 3.28. The molecule has 0 spiro atoms. The molecule has 0 amide bonds. The Labute approximate surface area is 180 Å². The van der Waals surface area contributed by atoms with Gasteiger partial charge in [0, 0.05) is 30.1 Å². The smallest absolute Gasteiger partial charge is 0.294 e. The topological polar surface area (TPSA) is 96.1 Å². The normalized spacial score (nSPS) is 13.3. The predicted molar refractivity (Wildman–Crippen MR) is 121 cm³/mol. The van der Waals surface area contributed by atoms with Crippen molar-refractivity contribution in [2.24, 2.45) is 4.99 Å². The maximum Gasteiger partial charge on any atom is 0.294 e. The van der Waals surface area contributed by atoms with Crippen molar-refractivity contribution in [1.82, 2.24) is 14.7 Å². The Hall–Kier alpha value is -3.49. The van der Waals surface area contributed by atoms with Crippen LogP contribution >= 0.6 is 0 Å². The molecule has 7 nitrogen and oxygen atoms in total. The molecule has 158 valence electrons. The molecule has 0 bridgehead atoms. The minimum absolute atomic E-state index is 0.0666. The van der Waals surface area contributed by atoms with Crippen molar-refractivity contribution in [3.8, 4) is 11.3 Å². The highest BCUT2D eigenvalue weighted by atomic mass is 32.2. The third-order valence-corrected chi connectivity index (χ3v) is 5.68. The summed E-state index contributed by atoms with van der Waals surface area (Å²) in [5.74, 6) is 0.992. The Morgan fingerprint density at radius 2 is 1.68 bits per heavy atom. The number of aryl methyl sites for hydroxylation is 1. The predicted octanol–water partition coefficient (Wildman–Crippen LogP) is 3.59. The second-order valence-corrected chi connectivity index (χ2v) is 8.54. The van der Waals surface area contributed by atoms with E-state index < -0.39 is 10.1 Å². The highest BCUT2D eigenvalue weighted by molar-refractivity contribution is 7.85. The number of benzene rings is 2. The van der Waals surface area contributed by atoms with Crippen LogP contribution in [0.25, 0.3) is 16.9 Å². The molecule has 3 heterocycles. The number of rotatable bonds is 3. The molecule has 2 N–H and O–H groups in total. The quantitative estimate of drug-likeness (QED) is 0.481. The van der Waals surface area contributed by atoms with Gasteiger partial charge in [0.15, 0.2) is 0 Å². The van der Waals surface area contributed by atoms with E-state index >= 15 is 0 Å². The van der Waals surface area contributed by atoms with E-state index in [0.717, 1.165) is 47.0 Å². The van der Waals surface area contributed by atoms with E-state index in [0.29, 0.717) is 0 Å². The van der Waals surface area contributed by atoms with Gasteiger partial charge in [-0.1, -0.05) is 48.0 Å². The van der Waals surface area contributed by atoms with E-state index in [1.165, 1.54) is 12.1 Å². The van der Waals surface area contributed by atoms with Gasteiger partial charge in [0.25, 0.3) is 10.1 Å². The van der Waals surface area contributed by atoms with Crippen LogP contribution in [0.3, 0.4) is 0 Å². The number of imidazole rings is 1. The number of hydrogen-bond acceptors (Lipinski definition) is 5. The van der Waals surface area contributed by atoms with Gasteiger partial charge >= 0.3 is 0 Å². The lowest BCUT2D eigenvalue weighted by atomic mass is 10.1. The minimum atomic E-state index is -4.02. The molecular weight excluding hydrogens is 412 g/mol. The molecule has 2 aromatic carbocycles. The van der Waals surface area contributed by atoms with Crippen LogP contribution in [0.5, 0.6) is 0 Å². The molecule has 2 aromatic heterocycles. The first kappa shape index (κ1) is 20.8. The largest absolute Gasteiger partial charge is 0.368 e. The summed E-state index contributed by atoms with van der Waals surface area (Å²) >= 11 is 0. The summed E-state index contributed by atoms with van der Waals surface area (Å²) in [4.78, 5) is 8.99. The molecule has 0 aliphatic carbocycles. The number of hydrogen-bond donors (Lipinski definition) is 2. The molecule has 8 heteroatoms. The van der Waals surface area contributed by atoms with E-state index in [4.69, 9.17) is 4.55 Å². The van der Waals surface area contributed by atoms with Crippen LogP contribution in [0, 0.1) is 6.92 Å². The molecule has 1 aliphatic rings. The zero-order valence-electron chi connectivity index (χ0n) is 16.9. The number of nitrogens with one attached hydrogen (secondary N) is 1. The number of aromatic nitrogens is 2. The van der Waals surface area contributed by atoms with Gasteiger partial charge in [0.2, 0.25) is 0 Å². The summed E-state index contributed by atoms with van der Waals surface area (Å²) in [5.41, 5.74) is 5.17. The first-order valence-electron chi connectivity index (χ1n) is 9.77. The van der Waals surface area contributed by atoms with Crippen LogP contribution in [0.2, 0.25) is 0 Å². The highest BCUT2D eigenvalue weighted by Crippen LogP contribution is 2.20. The number of amidine groups is 1. The zero-order valence-corrected chi connectivity index (χ0v) is 17.7. The van der Waals surface area contributed by atoms with Gasteiger partial charge in [0.05, 0.1) is 17.1 Å². The molecule has 1 aliphatic heterocycles. The van der Waals surface area contributed by atoms with Crippen LogP contribution < -0.4 is 5.32 Å². The van der Waals surface area contributed by atoms with Gasteiger partial charge in [-0.25, -0.2) is 4.98 Å². The van der Waals surface area contributed by atoms with Gasteiger partial charge in [0.1, 0.15) is 11.5 Å². The van der Waals surface area contributed by atoms with E-state index in [2.05, 4.69) is 45.8 Å². The molecule has 0 saturated heterocycles. The Morgan fingerprint density at radius 3 is 2.29 bits per heavy atom. The first-order chi connectivity index (χ1) is 14.9. The molecule has 4 aromatic rings. The fourth-order valence-corrected chi connectivity index (χ4v) is 3.65. The Kier molecular flexibility index (Phi) is 5.83. The molecule has 0 radical (unpaired) electrons. The van der Waals surface area contributed by atoms with Crippen LogP contribution in [-0.4, -0.2) is 41.3 Å². The van der Waals surface area contributed by atoms with Crippen LogP contribution in [-0.2, 0) is 10.1 Å². The summed E-state index contributed by atoms with van der Waals surface area (Å²) < 4.78 is 31.6. The zero-order chi connectivity index (χ0) is 21.8. The summed E-state index contributed by atoms with van der Waals surface area (Å²) in [7, 11) is -4.02. The third-order valence-electron chi connectivity index (χ3n) is 4.81. The monoisotopic (exact) mass is 434 g/mol. The Balaban J connectivity index is 0.000000180. The van der Waals surface area contributed by atoms with Gasteiger partial charge in [-0.15, -0.1) is 0 Å². The molecule has 0 unspecified atom stereocenters. The van der Waals surface area contributed by atoms with Crippen molar-refractivity contribution in [3.05, 3.63) is 90.3 Å². The van der Waals surface area contributed by atoms with Crippen LogP contribution in [0.15, 0.2) is 89.0 Å². The number of fused-ring (bicyclic) bond motifs is 1. The second kappa shape index (κ2) is 8.71. The van der Waals surface area contributed by atoms with Crippen molar-refractivity contribution in [2.75, 3.05) is 13.1 Å². The molecule has 0 fully saturated rings. The van der Waals surface area contributed by atoms with E-state index in [1.807, 2.05) is 35.7 Å². The van der Waals surface area contributed by atoms with Crippen molar-refractivity contribution < 1.29 is 13.0 Å². The lowest BCUT2D eigenvalue weighted by molar-refractivity contribution is 0.483. The fraction of sp³-hybridized carbons (Fsp3) is 0.130. The van der Waals surface area contributed by atoms with E-state index in [9.17, 15) is 8.42 Å². The maximum atomic E-state index is 10.5. The maximum absolute atomic E-state index is 10.5. The first-order valence-corrected chi connectivity index (χ1v) is 11.2. The van der Waals surface area contributed by atoms with Crippen molar-refractivity contribution in [2.45, 2.75) is 11.8 Å². The molecular formula is C23H22N4O3S. The van der Waals surface area contributed by atoms with Crippen molar-refractivity contribution in [1.29, 1.82) is 0 Å². The molecule has 31 heavy (non-hydrogen) atoms. The third kappa shape index (κ3) is 4.99. The lowest BCUT2D eigenvalue weighted by Gasteiger charge is -2.03. The SMILES string of the molecule is Cc1ccc(S(=O)(=O)O)cc1.c1ccn2cc(-c3ccc(C4=NCCN4)cc3)nc2c1. The average molecular weight is 435 g/mol.